The molecule has 0 N–H and O–H groups in total. The summed E-state index contributed by atoms with van der Waals surface area (Å²) in [5.74, 6) is 0. The van der Waals surface area contributed by atoms with Crippen molar-refractivity contribution in [2.24, 2.45) is 0 Å². The molecule has 0 aliphatic heterocycles. The van der Waals surface area contributed by atoms with E-state index in [0.29, 0.717) is 26.3 Å². The van der Waals surface area contributed by atoms with Crippen LogP contribution in [0.5, 0.6) is 0 Å². The molecular weight excluding hydrogens is 254 g/mol. The summed E-state index contributed by atoms with van der Waals surface area (Å²) in [5.41, 5.74) is 1.20. The Morgan fingerprint density at radius 2 is 1.87 bits per heavy atom. The summed E-state index contributed by atoms with van der Waals surface area (Å²) in [6.45, 7) is 0. The summed E-state index contributed by atoms with van der Waals surface area (Å²) in [4.78, 5) is 7.62. The molecule has 0 saturated heterocycles. The predicted molar refractivity (Wildman–Crippen MR) is 61.3 cm³/mol. The number of aromatic nitrogens is 2. The first-order chi connectivity index (χ1) is 7.20. The van der Waals surface area contributed by atoms with Gasteiger partial charge in [0.2, 0.25) is 0 Å². The molecule has 2 aromatic rings. The Bertz CT molecular complexity index is 500. The van der Waals surface area contributed by atoms with Gasteiger partial charge in [0.25, 0.3) is 0 Å². The van der Waals surface area contributed by atoms with Crippen LogP contribution in [0.3, 0.4) is 0 Å². The van der Waals surface area contributed by atoms with Gasteiger partial charge in [-0.1, -0.05) is 46.9 Å². The van der Waals surface area contributed by atoms with Crippen LogP contribution in [0.15, 0.2) is 24.4 Å². The minimum absolute atomic E-state index is 0.415. The van der Waals surface area contributed by atoms with E-state index in [4.69, 9.17) is 34.8 Å². The molecular formula is C10H4Cl3N2. The largest absolute Gasteiger partial charge is 0.232 e. The van der Waals surface area contributed by atoms with Gasteiger partial charge in [-0.3, -0.25) is 0 Å². The molecule has 0 saturated carbocycles. The molecule has 2 nitrogen and oxygen atoms in total. The van der Waals surface area contributed by atoms with Crippen molar-refractivity contribution in [3.8, 4) is 11.3 Å². The van der Waals surface area contributed by atoms with Gasteiger partial charge in [-0.25, -0.2) is 9.97 Å². The lowest BCUT2D eigenvalue weighted by molar-refractivity contribution is 1.15. The molecule has 0 aliphatic carbocycles. The van der Waals surface area contributed by atoms with E-state index < -0.39 is 0 Å². The van der Waals surface area contributed by atoms with Crippen molar-refractivity contribution in [3.05, 3.63) is 45.8 Å². The van der Waals surface area contributed by atoms with Gasteiger partial charge in [0.05, 0.1) is 27.0 Å². The van der Waals surface area contributed by atoms with Gasteiger partial charge < -0.3 is 0 Å². The third-order valence-corrected chi connectivity index (χ3v) is 2.93. The highest BCUT2D eigenvalue weighted by molar-refractivity contribution is 6.44. The van der Waals surface area contributed by atoms with Gasteiger partial charge in [0, 0.05) is 5.56 Å². The van der Waals surface area contributed by atoms with Crippen LogP contribution in [0.25, 0.3) is 11.3 Å². The zero-order chi connectivity index (χ0) is 10.8. The van der Waals surface area contributed by atoms with E-state index in [1.54, 1.807) is 18.2 Å². The summed E-state index contributed by atoms with van der Waals surface area (Å²) in [5, 5.41) is 1.30. The Morgan fingerprint density at radius 3 is 2.60 bits per heavy atom. The molecule has 0 aliphatic rings. The molecule has 0 atom stereocenters. The normalized spacial score (nSPS) is 10.3. The van der Waals surface area contributed by atoms with Gasteiger partial charge >= 0.3 is 0 Å². The standard InChI is InChI=1S/C10H4Cl3N2/c11-7-3-1-2-6(9(7)13)10-8(12)4-14-5-15-10/h1-4H. The number of nitrogens with zero attached hydrogens (tertiary/aromatic N) is 2. The molecule has 0 fully saturated rings. The fourth-order valence-corrected chi connectivity index (χ4v) is 1.74. The molecule has 2 rings (SSSR count). The van der Waals surface area contributed by atoms with Crippen LogP contribution >= 0.6 is 34.8 Å². The first kappa shape index (κ1) is 10.7. The molecule has 15 heavy (non-hydrogen) atoms. The summed E-state index contributed by atoms with van der Waals surface area (Å²) in [6.07, 6.45) is 3.92. The third kappa shape index (κ3) is 2.07. The molecule has 0 unspecified atom stereocenters. The van der Waals surface area contributed by atoms with Crippen LogP contribution in [-0.4, -0.2) is 9.97 Å². The lowest BCUT2D eigenvalue weighted by Gasteiger charge is -2.05. The van der Waals surface area contributed by atoms with E-state index in [2.05, 4.69) is 16.3 Å². The van der Waals surface area contributed by atoms with Gasteiger partial charge in [0.1, 0.15) is 0 Å². The molecule has 0 spiro atoms. The zero-order valence-electron chi connectivity index (χ0n) is 7.34. The van der Waals surface area contributed by atoms with E-state index >= 15 is 0 Å². The van der Waals surface area contributed by atoms with E-state index in [1.165, 1.54) is 6.20 Å². The minimum Gasteiger partial charge on any atom is -0.232 e. The summed E-state index contributed by atoms with van der Waals surface area (Å²) >= 11 is 17.9. The second kappa shape index (κ2) is 4.35. The molecule has 5 heteroatoms. The van der Waals surface area contributed by atoms with Gasteiger partial charge in [-0.05, 0) is 6.07 Å². The number of hydrogen-bond acceptors (Lipinski definition) is 2. The number of benzene rings is 1. The van der Waals surface area contributed by atoms with Crippen LogP contribution in [0, 0.1) is 6.33 Å². The smallest absolute Gasteiger partial charge is 0.198 e. The number of hydrogen-bond donors (Lipinski definition) is 0. The molecule has 1 radical (unpaired) electrons. The molecule has 1 aromatic carbocycles. The van der Waals surface area contributed by atoms with Crippen molar-refractivity contribution >= 4 is 34.8 Å². The average Bonchev–Trinajstić information content (AvgIpc) is 2.23. The third-order valence-electron chi connectivity index (χ3n) is 1.83. The lowest BCUT2D eigenvalue weighted by Crippen LogP contribution is -1.88. The lowest BCUT2D eigenvalue weighted by atomic mass is 10.1. The predicted octanol–water partition coefficient (Wildman–Crippen LogP) is 3.90. The fourth-order valence-electron chi connectivity index (χ4n) is 1.15. The monoisotopic (exact) mass is 257 g/mol. The second-order valence-electron chi connectivity index (χ2n) is 2.77. The van der Waals surface area contributed by atoms with E-state index in [-0.39, 0.29) is 0 Å². The van der Waals surface area contributed by atoms with Crippen molar-refractivity contribution < 1.29 is 0 Å². The van der Waals surface area contributed by atoms with Gasteiger partial charge in [0.15, 0.2) is 6.33 Å². The molecule has 0 bridgehead atoms. The van der Waals surface area contributed by atoms with E-state index in [1.807, 2.05) is 0 Å². The fraction of sp³-hybridized carbons (Fsp3) is 0. The Hall–Kier alpha value is -0.830. The first-order valence-corrected chi connectivity index (χ1v) is 5.16. The quantitative estimate of drug-likeness (QED) is 0.775. The first-order valence-electron chi connectivity index (χ1n) is 4.03. The van der Waals surface area contributed by atoms with Crippen molar-refractivity contribution in [1.82, 2.24) is 9.97 Å². The average molecular weight is 259 g/mol. The topological polar surface area (TPSA) is 25.8 Å². The molecule has 0 amide bonds. The second-order valence-corrected chi connectivity index (χ2v) is 3.96. The van der Waals surface area contributed by atoms with Crippen molar-refractivity contribution in [2.45, 2.75) is 0 Å². The van der Waals surface area contributed by atoms with E-state index in [0.717, 1.165) is 0 Å². The SMILES string of the molecule is Clc1cn[c]nc1-c1cccc(Cl)c1Cl. The Morgan fingerprint density at radius 1 is 1.07 bits per heavy atom. The van der Waals surface area contributed by atoms with Gasteiger partial charge in [-0.2, -0.15) is 0 Å². The maximum absolute atomic E-state index is 6.03. The molecule has 1 heterocycles. The van der Waals surface area contributed by atoms with Crippen LogP contribution < -0.4 is 0 Å². The van der Waals surface area contributed by atoms with Crippen molar-refractivity contribution in [1.29, 1.82) is 0 Å². The highest BCUT2D eigenvalue weighted by Crippen LogP contribution is 2.34. The summed E-state index contributed by atoms with van der Waals surface area (Å²) in [7, 11) is 0. The van der Waals surface area contributed by atoms with Crippen LogP contribution in [0.4, 0.5) is 0 Å². The van der Waals surface area contributed by atoms with Crippen LogP contribution in [-0.2, 0) is 0 Å². The molecule has 1 aromatic heterocycles. The van der Waals surface area contributed by atoms with E-state index in [9.17, 15) is 0 Å². The van der Waals surface area contributed by atoms with Crippen LogP contribution in [0.1, 0.15) is 0 Å². The highest BCUT2D eigenvalue weighted by Gasteiger charge is 2.11. The zero-order valence-corrected chi connectivity index (χ0v) is 9.61. The minimum atomic E-state index is 0.415. The van der Waals surface area contributed by atoms with Crippen molar-refractivity contribution in [3.63, 3.8) is 0 Å². The Kier molecular flexibility index (Phi) is 3.10. The van der Waals surface area contributed by atoms with Crippen LogP contribution in [0.2, 0.25) is 15.1 Å². The summed E-state index contributed by atoms with van der Waals surface area (Å²) < 4.78 is 0. The van der Waals surface area contributed by atoms with Crippen molar-refractivity contribution in [2.75, 3.05) is 0 Å². The molecule has 75 valence electrons. The maximum Gasteiger partial charge on any atom is 0.198 e. The number of rotatable bonds is 1. The summed E-state index contributed by atoms with van der Waals surface area (Å²) in [6, 6.07) is 5.27. The Balaban J connectivity index is 2.65. The Labute approximate surface area is 102 Å². The number of halogens is 3. The van der Waals surface area contributed by atoms with Gasteiger partial charge in [-0.15, -0.1) is 0 Å². The maximum atomic E-state index is 6.03. The highest BCUT2D eigenvalue weighted by atomic mass is 35.5.